The fourth-order valence-electron chi connectivity index (χ4n) is 2.44. The van der Waals surface area contributed by atoms with Gasteiger partial charge in [-0.3, -0.25) is 19.8 Å². The first kappa shape index (κ1) is 18.7. The highest BCUT2D eigenvalue weighted by atomic mass is 32.2. The Bertz CT molecular complexity index is 988. The number of nitro groups is 1. The van der Waals surface area contributed by atoms with Crippen molar-refractivity contribution >= 4 is 51.7 Å². The Hall–Kier alpha value is -3.11. The number of aromatic hydroxyl groups is 2. The van der Waals surface area contributed by atoms with E-state index in [1.165, 1.54) is 36.3 Å². The van der Waals surface area contributed by atoms with Gasteiger partial charge >= 0.3 is 5.69 Å². The van der Waals surface area contributed by atoms with Crippen LogP contribution < -0.4 is 9.64 Å². The summed E-state index contributed by atoms with van der Waals surface area (Å²) < 4.78 is 5.24. The van der Waals surface area contributed by atoms with Crippen molar-refractivity contribution in [1.29, 1.82) is 0 Å². The van der Waals surface area contributed by atoms with Gasteiger partial charge in [0.05, 0.1) is 22.6 Å². The van der Waals surface area contributed by atoms with Gasteiger partial charge in [-0.25, -0.2) is 0 Å². The Morgan fingerprint density at radius 1 is 1.26 bits per heavy atom. The number of thioether (sulfide) groups is 1. The molecule has 0 spiro atoms. The van der Waals surface area contributed by atoms with Gasteiger partial charge in [0.2, 0.25) is 5.75 Å². The third-order valence-corrected chi connectivity index (χ3v) is 5.00. The monoisotopic (exact) mass is 404 g/mol. The molecule has 27 heavy (non-hydrogen) atoms. The maximum absolute atomic E-state index is 12.7. The number of methoxy groups -OCH3 is 1. The van der Waals surface area contributed by atoms with Crippen molar-refractivity contribution in [3.05, 3.63) is 57.0 Å². The van der Waals surface area contributed by atoms with Gasteiger partial charge in [-0.2, -0.15) is 0 Å². The van der Waals surface area contributed by atoms with Crippen LogP contribution in [-0.2, 0) is 4.79 Å². The first-order chi connectivity index (χ1) is 12.8. The number of nitrogens with zero attached hydrogens (tertiary/aromatic N) is 2. The van der Waals surface area contributed by atoms with Crippen LogP contribution in [0.4, 0.5) is 11.4 Å². The van der Waals surface area contributed by atoms with Crippen LogP contribution in [-0.4, -0.2) is 32.5 Å². The summed E-state index contributed by atoms with van der Waals surface area (Å²) in [6.45, 7) is 0. The molecule has 0 atom stereocenters. The first-order valence-corrected chi connectivity index (χ1v) is 8.66. The van der Waals surface area contributed by atoms with E-state index >= 15 is 0 Å². The molecular formula is C17H12N2O6S2. The van der Waals surface area contributed by atoms with Crippen LogP contribution in [0.15, 0.2) is 41.3 Å². The molecule has 1 heterocycles. The fourth-order valence-corrected chi connectivity index (χ4v) is 3.73. The maximum atomic E-state index is 12.7. The minimum Gasteiger partial charge on any atom is -0.508 e. The quantitative estimate of drug-likeness (QED) is 0.345. The van der Waals surface area contributed by atoms with Crippen molar-refractivity contribution in [3.63, 3.8) is 0 Å². The molecule has 138 valence electrons. The molecule has 0 radical (unpaired) electrons. The standard InChI is InChI=1S/C17H12N2O6S2/c1-25-13-7-9(6-12(15(13)21)19(23)24)8-14-16(22)18(17(26)27-14)10-2-4-11(20)5-3-10/h2-8,20-21H,1H3/b14-8-. The summed E-state index contributed by atoms with van der Waals surface area (Å²) in [7, 11) is 1.27. The summed E-state index contributed by atoms with van der Waals surface area (Å²) in [5, 5.41) is 30.3. The number of anilines is 1. The third kappa shape index (κ3) is 3.57. The Labute approximate surface area is 162 Å². The number of rotatable bonds is 4. The van der Waals surface area contributed by atoms with Crippen molar-refractivity contribution in [2.24, 2.45) is 0 Å². The van der Waals surface area contributed by atoms with E-state index in [2.05, 4.69) is 0 Å². The molecule has 1 saturated heterocycles. The molecular weight excluding hydrogens is 392 g/mol. The molecule has 10 heteroatoms. The summed E-state index contributed by atoms with van der Waals surface area (Å²) in [5.74, 6) is -1.01. The molecule has 2 aromatic rings. The minimum absolute atomic E-state index is 0.0585. The average Bonchev–Trinajstić information content (AvgIpc) is 2.90. The highest BCUT2D eigenvalue weighted by Crippen LogP contribution is 2.40. The van der Waals surface area contributed by atoms with Crippen LogP contribution in [0.1, 0.15) is 5.56 Å². The lowest BCUT2D eigenvalue weighted by Gasteiger charge is -2.14. The van der Waals surface area contributed by atoms with E-state index in [1.54, 1.807) is 12.1 Å². The van der Waals surface area contributed by atoms with Crippen LogP contribution >= 0.6 is 24.0 Å². The molecule has 0 bridgehead atoms. The number of hydrogen-bond donors (Lipinski definition) is 2. The second-order valence-electron chi connectivity index (χ2n) is 5.38. The number of carbonyl (C=O) groups excluding carboxylic acids is 1. The summed E-state index contributed by atoms with van der Waals surface area (Å²) in [6, 6.07) is 8.51. The number of amides is 1. The van der Waals surface area contributed by atoms with Crippen molar-refractivity contribution < 1.29 is 24.7 Å². The number of carbonyl (C=O) groups is 1. The van der Waals surface area contributed by atoms with Gasteiger partial charge < -0.3 is 14.9 Å². The van der Waals surface area contributed by atoms with E-state index in [9.17, 15) is 25.1 Å². The van der Waals surface area contributed by atoms with Crippen LogP contribution in [0.5, 0.6) is 17.2 Å². The van der Waals surface area contributed by atoms with E-state index in [0.717, 1.165) is 17.8 Å². The van der Waals surface area contributed by atoms with Gasteiger partial charge in [0, 0.05) is 6.07 Å². The number of nitro benzene ring substituents is 1. The lowest BCUT2D eigenvalue weighted by Crippen LogP contribution is -2.27. The molecule has 1 fully saturated rings. The van der Waals surface area contributed by atoms with Gasteiger partial charge in [0.25, 0.3) is 5.91 Å². The molecule has 0 unspecified atom stereocenters. The second-order valence-corrected chi connectivity index (χ2v) is 7.06. The normalized spacial score (nSPS) is 15.4. The van der Waals surface area contributed by atoms with Gasteiger partial charge in [0.1, 0.15) is 5.75 Å². The van der Waals surface area contributed by atoms with E-state index in [-0.39, 0.29) is 20.7 Å². The molecule has 2 N–H and O–H groups in total. The van der Waals surface area contributed by atoms with Crippen molar-refractivity contribution in [1.82, 2.24) is 0 Å². The van der Waals surface area contributed by atoms with E-state index < -0.39 is 22.3 Å². The number of phenols is 2. The summed E-state index contributed by atoms with van der Waals surface area (Å²) in [4.78, 5) is 24.6. The predicted octanol–water partition coefficient (Wildman–Crippen LogP) is 3.42. The predicted molar refractivity (Wildman–Crippen MR) is 105 cm³/mol. The molecule has 0 aromatic heterocycles. The average molecular weight is 404 g/mol. The van der Waals surface area contributed by atoms with E-state index in [4.69, 9.17) is 17.0 Å². The Morgan fingerprint density at radius 2 is 1.93 bits per heavy atom. The summed E-state index contributed by atoms with van der Waals surface area (Å²) >= 11 is 6.30. The number of benzene rings is 2. The molecule has 3 rings (SSSR count). The molecule has 1 amide bonds. The zero-order chi connectivity index (χ0) is 19.7. The largest absolute Gasteiger partial charge is 0.508 e. The van der Waals surface area contributed by atoms with Crippen LogP contribution in [0.3, 0.4) is 0 Å². The molecule has 8 nitrogen and oxygen atoms in total. The van der Waals surface area contributed by atoms with Crippen LogP contribution in [0.2, 0.25) is 0 Å². The van der Waals surface area contributed by atoms with Crippen molar-refractivity contribution in [3.8, 4) is 17.2 Å². The zero-order valence-electron chi connectivity index (χ0n) is 13.8. The van der Waals surface area contributed by atoms with Crippen molar-refractivity contribution in [2.75, 3.05) is 12.0 Å². The number of phenolic OH excluding ortho intramolecular Hbond substituents is 2. The highest BCUT2D eigenvalue weighted by Gasteiger charge is 2.33. The smallest absolute Gasteiger partial charge is 0.315 e. The molecule has 0 aliphatic carbocycles. The van der Waals surface area contributed by atoms with Gasteiger partial charge in [-0.15, -0.1) is 0 Å². The fraction of sp³-hybridized carbons (Fsp3) is 0.0588. The Kier molecular flexibility index (Phi) is 5.02. The first-order valence-electron chi connectivity index (χ1n) is 7.44. The highest BCUT2D eigenvalue weighted by molar-refractivity contribution is 8.27. The third-order valence-electron chi connectivity index (χ3n) is 3.69. The summed E-state index contributed by atoms with van der Waals surface area (Å²) in [5.41, 5.74) is 0.269. The van der Waals surface area contributed by atoms with Gasteiger partial charge in [-0.05, 0) is 42.0 Å². The van der Waals surface area contributed by atoms with Gasteiger partial charge in [-0.1, -0.05) is 24.0 Å². The molecule has 1 aliphatic rings. The maximum Gasteiger partial charge on any atom is 0.315 e. The lowest BCUT2D eigenvalue weighted by molar-refractivity contribution is -0.386. The molecule has 1 aliphatic heterocycles. The minimum atomic E-state index is -0.739. The number of thiocarbonyl (C=S) groups is 1. The Morgan fingerprint density at radius 3 is 2.52 bits per heavy atom. The van der Waals surface area contributed by atoms with Gasteiger partial charge in [0.15, 0.2) is 10.1 Å². The van der Waals surface area contributed by atoms with Crippen molar-refractivity contribution in [2.45, 2.75) is 0 Å². The second kappa shape index (κ2) is 7.25. The topological polar surface area (TPSA) is 113 Å². The Balaban J connectivity index is 2.00. The summed E-state index contributed by atoms with van der Waals surface area (Å²) in [6.07, 6.45) is 1.44. The van der Waals surface area contributed by atoms with Crippen LogP contribution in [0.25, 0.3) is 6.08 Å². The SMILES string of the molecule is COc1cc(/C=C2\SC(=S)N(c3ccc(O)cc3)C2=O)cc([N+](=O)[O-])c1O. The van der Waals surface area contributed by atoms with Crippen LogP contribution in [0, 0.1) is 10.1 Å². The number of ether oxygens (including phenoxy) is 1. The zero-order valence-corrected chi connectivity index (χ0v) is 15.4. The van der Waals surface area contributed by atoms with E-state index in [0.29, 0.717) is 11.3 Å². The lowest BCUT2D eigenvalue weighted by atomic mass is 10.1. The number of hydrogen-bond acceptors (Lipinski definition) is 8. The van der Waals surface area contributed by atoms with E-state index in [1.807, 2.05) is 0 Å². The molecule has 2 aromatic carbocycles. The molecule has 0 saturated carbocycles.